The number of rotatable bonds is 8. The van der Waals surface area contributed by atoms with E-state index in [-0.39, 0.29) is 17.6 Å². The Kier molecular flexibility index (Phi) is 7.27. The maximum atomic E-state index is 12.9. The molecule has 0 spiro atoms. The van der Waals surface area contributed by atoms with Crippen LogP contribution in [0.4, 0.5) is 5.69 Å². The fourth-order valence-corrected chi connectivity index (χ4v) is 4.39. The van der Waals surface area contributed by atoms with Crippen LogP contribution in [0.1, 0.15) is 15.9 Å². The Morgan fingerprint density at radius 1 is 0.879 bits per heavy atom. The maximum Gasteiger partial charge on any atom is 0.252 e. The molecular formula is C27H24N2O3S. The highest BCUT2D eigenvalue weighted by molar-refractivity contribution is 8.00. The fourth-order valence-electron chi connectivity index (χ4n) is 3.54. The van der Waals surface area contributed by atoms with Crippen LogP contribution in [0.5, 0.6) is 5.75 Å². The molecule has 0 heterocycles. The van der Waals surface area contributed by atoms with Gasteiger partial charge in [-0.15, -0.1) is 11.8 Å². The lowest BCUT2D eigenvalue weighted by Crippen LogP contribution is -2.23. The number of thioether (sulfide) groups is 1. The van der Waals surface area contributed by atoms with Crippen molar-refractivity contribution in [2.24, 2.45) is 0 Å². The molecule has 0 unspecified atom stereocenters. The number of anilines is 1. The van der Waals surface area contributed by atoms with Gasteiger partial charge in [0.2, 0.25) is 5.91 Å². The monoisotopic (exact) mass is 456 g/mol. The van der Waals surface area contributed by atoms with E-state index in [4.69, 9.17) is 4.74 Å². The van der Waals surface area contributed by atoms with Crippen LogP contribution in [0.2, 0.25) is 0 Å². The first-order valence-corrected chi connectivity index (χ1v) is 11.5. The van der Waals surface area contributed by atoms with Crippen LogP contribution >= 0.6 is 11.8 Å². The molecule has 0 atom stereocenters. The first-order chi connectivity index (χ1) is 16.1. The second-order valence-electron chi connectivity index (χ2n) is 7.39. The molecule has 166 valence electrons. The minimum absolute atomic E-state index is 0.154. The van der Waals surface area contributed by atoms with Gasteiger partial charge in [-0.25, -0.2) is 0 Å². The van der Waals surface area contributed by atoms with Gasteiger partial charge in [0.1, 0.15) is 5.75 Å². The van der Waals surface area contributed by atoms with Crippen molar-refractivity contribution >= 4 is 40.0 Å². The Labute approximate surface area is 197 Å². The van der Waals surface area contributed by atoms with Gasteiger partial charge in [0, 0.05) is 23.2 Å². The standard InChI is InChI=1S/C27H24N2O3S/c1-32-22-12-7-11-21(16-22)29-26(30)18-33-25-15-5-4-14-24(25)27(31)28-17-20-10-6-9-19-8-2-3-13-23(19)20/h2-16H,17-18H2,1H3,(H,28,31)(H,29,30). The number of amides is 2. The van der Waals surface area contributed by atoms with Gasteiger partial charge in [0.05, 0.1) is 18.4 Å². The minimum Gasteiger partial charge on any atom is -0.497 e. The summed E-state index contributed by atoms with van der Waals surface area (Å²) in [5, 5.41) is 8.14. The van der Waals surface area contributed by atoms with Crippen molar-refractivity contribution in [3.05, 3.63) is 102 Å². The molecular weight excluding hydrogens is 432 g/mol. The van der Waals surface area contributed by atoms with Gasteiger partial charge in [-0.05, 0) is 40.6 Å². The number of hydrogen-bond donors (Lipinski definition) is 2. The molecule has 0 fully saturated rings. The third kappa shape index (κ3) is 5.73. The topological polar surface area (TPSA) is 67.4 Å². The third-order valence-electron chi connectivity index (χ3n) is 5.16. The van der Waals surface area contributed by atoms with Crippen molar-refractivity contribution in [1.29, 1.82) is 0 Å². The highest BCUT2D eigenvalue weighted by atomic mass is 32.2. The fraction of sp³-hybridized carbons (Fsp3) is 0.111. The van der Waals surface area contributed by atoms with Crippen LogP contribution in [0.15, 0.2) is 95.9 Å². The van der Waals surface area contributed by atoms with E-state index in [1.54, 1.807) is 25.3 Å². The number of methoxy groups -OCH3 is 1. The van der Waals surface area contributed by atoms with E-state index in [0.717, 1.165) is 21.2 Å². The molecule has 0 aromatic heterocycles. The summed E-state index contributed by atoms with van der Waals surface area (Å²) in [7, 11) is 1.58. The molecule has 6 heteroatoms. The van der Waals surface area contributed by atoms with Gasteiger partial charge >= 0.3 is 0 Å². The first kappa shape index (κ1) is 22.4. The SMILES string of the molecule is COc1cccc(NC(=O)CSc2ccccc2C(=O)NCc2cccc3ccccc23)c1. The Hall–Kier alpha value is -3.77. The van der Waals surface area contributed by atoms with Gasteiger partial charge in [0.25, 0.3) is 5.91 Å². The first-order valence-electron chi connectivity index (χ1n) is 10.5. The van der Waals surface area contributed by atoms with Crippen molar-refractivity contribution in [3.63, 3.8) is 0 Å². The van der Waals surface area contributed by atoms with Crippen LogP contribution in [-0.4, -0.2) is 24.7 Å². The Morgan fingerprint density at radius 3 is 2.52 bits per heavy atom. The number of carbonyl (C=O) groups excluding carboxylic acids is 2. The molecule has 2 N–H and O–H groups in total. The predicted molar refractivity (Wildman–Crippen MR) is 134 cm³/mol. The van der Waals surface area contributed by atoms with Crippen LogP contribution in [0.3, 0.4) is 0 Å². The molecule has 0 bridgehead atoms. The number of carbonyl (C=O) groups is 2. The number of fused-ring (bicyclic) bond motifs is 1. The summed E-state index contributed by atoms with van der Waals surface area (Å²) >= 11 is 1.33. The summed E-state index contributed by atoms with van der Waals surface area (Å²) in [6, 6.07) is 28.7. The van der Waals surface area contributed by atoms with E-state index in [2.05, 4.69) is 28.8 Å². The van der Waals surface area contributed by atoms with E-state index in [0.29, 0.717) is 23.5 Å². The van der Waals surface area contributed by atoms with Crippen molar-refractivity contribution < 1.29 is 14.3 Å². The summed E-state index contributed by atoms with van der Waals surface area (Å²) in [4.78, 5) is 26.1. The molecule has 0 aliphatic rings. The molecule has 2 amide bonds. The third-order valence-corrected chi connectivity index (χ3v) is 6.24. The smallest absolute Gasteiger partial charge is 0.252 e. The number of nitrogens with one attached hydrogen (secondary N) is 2. The summed E-state index contributed by atoms with van der Waals surface area (Å²) in [6.07, 6.45) is 0. The van der Waals surface area contributed by atoms with Gasteiger partial charge < -0.3 is 15.4 Å². The Bertz CT molecular complexity index is 1280. The number of ether oxygens (including phenoxy) is 1. The molecule has 0 saturated heterocycles. The molecule has 4 rings (SSSR count). The van der Waals surface area contributed by atoms with Gasteiger partial charge in [-0.1, -0.05) is 60.7 Å². The van der Waals surface area contributed by atoms with E-state index in [1.807, 2.05) is 54.6 Å². The van der Waals surface area contributed by atoms with Gasteiger partial charge in [-0.2, -0.15) is 0 Å². The summed E-state index contributed by atoms with van der Waals surface area (Å²) in [5.74, 6) is 0.539. The van der Waals surface area contributed by atoms with E-state index < -0.39 is 0 Å². The quantitative estimate of drug-likeness (QED) is 0.343. The molecule has 0 saturated carbocycles. The second kappa shape index (κ2) is 10.7. The summed E-state index contributed by atoms with van der Waals surface area (Å²) < 4.78 is 5.19. The molecule has 4 aromatic carbocycles. The number of hydrogen-bond acceptors (Lipinski definition) is 4. The van der Waals surface area contributed by atoms with E-state index in [1.165, 1.54) is 11.8 Å². The van der Waals surface area contributed by atoms with E-state index >= 15 is 0 Å². The zero-order valence-corrected chi connectivity index (χ0v) is 19.0. The minimum atomic E-state index is -0.167. The lowest BCUT2D eigenvalue weighted by molar-refractivity contribution is -0.113. The maximum absolute atomic E-state index is 12.9. The number of benzene rings is 4. The zero-order valence-electron chi connectivity index (χ0n) is 18.2. The van der Waals surface area contributed by atoms with Crippen LogP contribution < -0.4 is 15.4 Å². The second-order valence-corrected chi connectivity index (χ2v) is 8.40. The lowest BCUT2D eigenvalue weighted by Gasteiger charge is -2.12. The highest BCUT2D eigenvalue weighted by Crippen LogP contribution is 2.24. The van der Waals surface area contributed by atoms with Crippen molar-refractivity contribution in [2.75, 3.05) is 18.2 Å². The predicted octanol–water partition coefficient (Wildman–Crippen LogP) is 5.51. The summed E-state index contributed by atoms with van der Waals surface area (Å²) in [5.41, 5.74) is 2.28. The highest BCUT2D eigenvalue weighted by Gasteiger charge is 2.13. The van der Waals surface area contributed by atoms with Crippen molar-refractivity contribution in [2.45, 2.75) is 11.4 Å². The van der Waals surface area contributed by atoms with Crippen LogP contribution in [-0.2, 0) is 11.3 Å². The Balaban J connectivity index is 1.39. The molecule has 5 nitrogen and oxygen atoms in total. The normalized spacial score (nSPS) is 10.6. The largest absolute Gasteiger partial charge is 0.497 e. The van der Waals surface area contributed by atoms with E-state index in [9.17, 15) is 9.59 Å². The van der Waals surface area contributed by atoms with Crippen molar-refractivity contribution in [3.8, 4) is 5.75 Å². The molecule has 0 radical (unpaired) electrons. The average molecular weight is 457 g/mol. The molecule has 33 heavy (non-hydrogen) atoms. The molecule has 0 aliphatic heterocycles. The van der Waals surface area contributed by atoms with Crippen LogP contribution in [0.25, 0.3) is 10.8 Å². The van der Waals surface area contributed by atoms with Gasteiger partial charge in [0.15, 0.2) is 0 Å². The van der Waals surface area contributed by atoms with Crippen LogP contribution in [0, 0.1) is 0 Å². The molecule has 4 aromatic rings. The molecule has 0 aliphatic carbocycles. The Morgan fingerprint density at radius 2 is 1.64 bits per heavy atom. The van der Waals surface area contributed by atoms with Gasteiger partial charge in [-0.3, -0.25) is 9.59 Å². The van der Waals surface area contributed by atoms with Crippen molar-refractivity contribution in [1.82, 2.24) is 5.32 Å². The lowest BCUT2D eigenvalue weighted by atomic mass is 10.0. The zero-order chi connectivity index (χ0) is 23.0. The summed E-state index contributed by atoms with van der Waals surface area (Å²) in [6.45, 7) is 0.426. The average Bonchev–Trinajstić information content (AvgIpc) is 2.86.